The molecule has 0 unspecified atom stereocenters. The SMILES string of the molecule is Nc1cccc(Cl)c1-c1nnnn1-c1c(F)cccc1F. The molecule has 0 amide bonds. The number of hydrogen-bond donors (Lipinski definition) is 1. The molecule has 3 rings (SSSR count). The minimum atomic E-state index is -0.797. The van der Waals surface area contributed by atoms with Gasteiger partial charge in [-0.1, -0.05) is 23.7 Å². The number of rotatable bonds is 2. The van der Waals surface area contributed by atoms with Crippen LogP contribution in [0.5, 0.6) is 0 Å². The average Bonchev–Trinajstić information content (AvgIpc) is 2.87. The highest BCUT2D eigenvalue weighted by Gasteiger charge is 2.21. The first kappa shape index (κ1) is 13.4. The number of hydrogen-bond acceptors (Lipinski definition) is 4. The van der Waals surface area contributed by atoms with E-state index in [0.717, 1.165) is 16.8 Å². The molecule has 3 aromatic rings. The molecule has 1 aromatic heterocycles. The Labute approximate surface area is 123 Å². The van der Waals surface area contributed by atoms with Gasteiger partial charge >= 0.3 is 0 Å². The summed E-state index contributed by atoms with van der Waals surface area (Å²) in [5, 5.41) is 11.1. The van der Waals surface area contributed by atoms with E-state index in [1.807, 2.05) is 0 Å². The monoisotopic (exact) mass is 307 g/mol. The van der Waals surface area contributed by atoms with Gasteiger partial charge in [0.15, 0.2) is 17.5 Å². The molecule has 2 N–H and O–H groups in total. The minimum Gasteiger partial charge on any atom is -0.398 e. The fraction of sp³-hybridized carbons (Fsp3) is 0. The van der Waals surface area contributed by atoms with Crippen LogP contribution in [0.1, 0.15) is 0 Å². The van der Waals surface area contributed by atoms with Crippen molar-refractivity contribution < 1.29 is 8.78 Å². The largest absolute Gasteiger partial charge is 0.398 e. The zero-order valence-electron chi connectivity index (χ0n) is 10.5. The third-order valence-corrected chi connectivity index (χ3v) is 3.20. The quantitative estimate of drug-likeness (QED) is 0.739. The van der Waals surface area contributed by atoms with E-state index in [0.29, 0.717) is 11.3 Å². The normalized spacial score (nSPS) is 10.8. The maximum Gasteiger partial charge on any atom is 0.190 e. The van der Waals surface area contributed by atoms with Crippen LogP contribution in [0.25, 0.3) is 17.1 Å². The van der Waals surface area contributed by atoms with Gasteiger partial charge in [0, 0.05) is 5.69 Å². The Morgan fingerprint density at radius 3 is 2.38 bits per heavy atom. The van der Waals surface area contributed by atoms with Crippen molar-refractivity contribution in [1.82, 2.24) is 20.2 Å². The molecule has 0 atom stereocenters. The van der Waals surface area contributed by atoms with Crippen molar-refractivity contribution in [2.75, 3.05) is 5.73 Å². The third kappa shape index (κ3) is 2.21. The molecule has 0 saturated heterocycles. The summed E-state index contributed by atoms with van der Waals surface area (Å²) in [4.78, 5) is 0. The highest BCUT2D eigenvalue weighted by Crippen LogP contribution is 2.33. The van der Waals surface area contributed by atoms with Crippen molar-refractivity contribution in [3.63, 3.8) is 0 Å². The molecule has 0 radical (unpaired) electrons. The van der Waals surface area contributed by atoms with Crippen molar-refractivity contribution in [2.45, 2.75) is 0 Å². The van der Waals surface area contributed by atoms with Crippen molar-refractivity contribution in [3.05, 3.63) is 53.1 Å². The molecular formula is C13H8ClF2N5. The highest BCUT2D eigenvalue weighted by atomic mass is 35.5. The van der Waals surface area contributed by atoms with Crippen LogP contribution in [-0.4, -0.2) is 20.2 Å². The molecule has 21 heavy (non-hydrogen) atoms. The van der Waals surface area contributed by atoms with Crippen LogP contribution in [0.2, 0.25) is 5.02 Å². The molecule has 0 bridgehead atoms. The number of nitrogens with two attached hydrogens (primary N) is 1. The van der Waals surface area contributed by atoms with E-state index in [4.69, 9.17) is 17.3 Å². The maximum atomic E-state index is 13.9. The van der Waals surface area contributed by atoms with Gasteiger partial charge in [0.2, 0.25) is 0 Å². The Kier molecular flexibility index (Phi) is 3.26. The van der Waals surface area contributed by atoms with Crippen LogP contribution in [0.4, 0.5) is 14.5 Å². The van der Waals surface area contributed by atoms with Gasteiger partial charge in [0.1, 0.15) is 5.69 Å². The van der Waals surface area contributed by atoms with E-state index in [-0.39, 0.29) is 10.8 Å². The Balaban J connectivity index is 2.28. The molecule has 1 heterocycles. The van der Waals surface area contributed by atoms with Gasteiger partial charge in [-0.2, -0.15) is 4.68 Å². The van der Waals surface area contributed by atoms with Crippen LogP contribution in [0, 0.1) is 11.6 Å². The number of nitrogen functional groups attached to an aromatic ring is 1. The second-order valence-electron chi connectivity index (χ2n) is 4.19. The fourth-order valence-corrected chi connectivity index (χ4v) is 2.23. The van der Waals surface area contributed by atoms with Gasteiger partial charge in [-0.05, 0) is 34.7 Å². The van der Waals surface area contributed by atoms with Gasteiger partial charge in [0.25, 0.3) is 0 Å². The number of tetrazole rings is 1. The number of para-hydroxylation sites is 1. The summed E-state index contributed by atoms with van der Waals surface area (Å²) in [6.07, 6.45) is 0. The maximum absolute atomic E-state index is 13.9. The lowest BCUT2D eigenvalue weighted by Gasteiger charge is -2.09. The molecule has 0 aliphatic heterocycles. The number of benzene rings is 2. The summed E-state index contributed by atoms with van der Waals surface area (Å²) in [7, 11) is 0. The first-order valence-electron chi connectivity index (χ1n) is 5.86. The Bertz CT molecular complexity index is 712. The lowest BCUT2D eigenvalue weighted by molar-refractivity contribution is 0.557. The summed E-state index contributed by atoms with van der Waals surface area (Å²) in [5.74, 6) is -1.54. The van der Waals surface area contributed by atoms with Crippen LogP contribution < -0.4 is 5.73 Å². The smallest absolute Gasteiger partial charge is 0.190 e. The standard InChI is InChI=1S/C13H8ClF2N5/c14-7-3-1-6-10(17)11(7)13-18-19-20-21(13)12-8(15)4-2-5-9(12)16/h1-6H,17H2. The van der Waals surface area contributed by atoms with Crippen LogP contribution >= 0.6 is 11.6 Å². The van der Waals surface area contributed by atoms with E-state index in [2.05, 4.69) is 15.5 Å². The summed E-state index contributed by atoms with van der Waals surface area (Å²) in [6, 6.07) is 8.31. The topological polar surface area (TPSA) is 69.6 Å². The predicted octanol–water partition coefficient (Wildman–Crippen LogP) is 2.84. The van der Waals surface area contributed by atoms with Crippen molar-refractivity contribution in [1.29, 1.82) is 0 Å². The van der Waals surface area contributed by atoms with Gasteiger partial charge < -0.3 is 5.73 Å². The van der Waals surface area contributed by atoms with E-state index < -0.39 is 17.3 Å². The molecule has 0 saturated carbocycles. The summed E-state index contributed by atoms with van der Waals surface area (Å²) >= 11 is 6.08. The number of nitrogens with zero attached hydrogens (tertiary/aromatic N) is 4. The zero-order chi connectivity index (χ0) is 15.0. The van der Waals surface area contributed by atoms with Crippen LogP contribution in [0.15, 0.2) is 36.4 Å². The molecular weight excluding hydrogens is 300 g/mol. The molecule has 5 nitrogen and oxygen atoms in total. The average molecular weight is 308 g/mol. The predicted molar refractivity (Wildman–Crippen MR) is 73.9 cm³/mol. The number of halogens is 3. The van der Waals surface area contributed by atoms with Crippen LogP contribution in [0.3, 0.4) is 0 Å². The first-order valence-corrected chi connectivity index (χ1v) is 6.24. The number of anilines is 1. The van der Waals surface area contributed by atoms with E-state index in [1.165, 1.54) is 6.07 Å². The highest BCUT2D eigenvalue weighted by molar-refractivity contribution is 6.33. The van der Waals surface area contributed by atoms with E-state index in [1.54, 1.807) is 18.2 Å². The van der Waals surface area contributed by atoms with Crippen molar-refractivity contribution in [3.8, 4) is 17.1 Å². The second kappa shape index (κ2) is 5.10. The molecule has 2 aromatic carbocycles. The molecule has 0 spiro atoms. The van der Waals surface area contributed by atoms with Gasteiger partial charge in [-0.15, -0.1) is 5.10 Å². The Hall–Kier alpha value is -2.54. The lowest BCUT2D eigenvalue weighted by Crippen LogP contribution is -2.06. The minimum absolute atomic E-state index is 0.0575. The third-order valence-electron chi connectivity index (χ3n) is 2.89. The van der Waals surface area contributed by atoms with Crippen molar-refractivity contribution in [2.24, 2.45) is 0 Å². The molecule has 0 aliphatic carbocycles. The van der Waals surface area contributed by atoms with Crippen molar-refractivity contribution >= 4 is 17.3 Å². The Morgan fingerprint density at radius 2 is 1.71 bits per heavy atom. The van der Waals surface area contributed by atoms with Crippen LogP contribution in [-0.2, 0) is 0 Å². The second-order valence-corrected chi connectivity index (χ2v) is 4.60. The van der Waals surface area contributed by atoms with Gasteiger partial charge in [-0.3, -0.25) is 0 Å². The first-order chi connectivity index (χ1) is 10.1. The summed E-state index contributed by atoms with van der Waals surface area (Å²) in [5.41, 5.74) is 6.08. The molecule has 106 valence electrons. The van der Waals surface area contributed by atoms with Gasteiger partial charge in [-0.25, -0.2) is 8.78 Å². The van der Waals surface area contributed by atoms with E-state index in [9.17, 15) is 8.78 Å². The zero-order valence-corrected chi connectivity index (χ0v) is 11.2. The van der Waals surface area contributed by atoms with E-state index >= 15 is 0 Å². The molecule has 0 fully saturated rings. The summed E-state index contributed by atoms with van der Waals surface area (Å²) < 4.78 is 28.7. The summed E-state index contributed by atoms with van der Waals surface area (Å²) in [6.45, 7) is 0. The Morgan fingerprint density at radius 1 is 1.05 bits per heavy atom. The fourth-order valence-electron chi connectivity index (χ4n) is 1.96. The van der Waals surface area contributed by atoms with Gasteiger partial charge in [0.05, 0.1) is 10.6 Å². The number of aromatic nitrogens is 4. The lowest BCUT2D eigenvalue weighted by atomic mass is 10.1. The molecule has 8 heteroatoms. The molecule has 0 aliphatic rings.